The monoisotopic (exact) mass is 1120 g/mol. The average molecular weight is 1120 g/mol. The molecule has 10 rings (SSSR count). The Kier molecular flexibility index (Phi) is 25.6. The number of hydrogen-bond acceptors (Lipinski definition) is 12. The summed E-state index contributed by atoms with van der Waals surface area (Å²) in [6, 6.07) is 33.6. The molecular formula is C59H78N10O4Zn2+4. The molecule has 4 N–H and O–H groups in total. The zero-order chi connectivity index (χ0) is 49.7. The van der Waals surface area contributed by atoms with Crippen molar-refractivity contribution in [1.82, 2.24) is 49.3 Å². The first-order valence-corrected chi connectivity index (χ1v) is 25.3. The Morgan fingerprint density at radius 3 is 0.853 bits per heavy atom. The Bertz CT molecular complexity index is 2640. The molecule has 14 nitrogen and oxygen atoms in total. The van der Waals surface area contributed by atoms with Gasteiger partial charge in [-0.25, -0.2) is 0 Å². The largest absolute Gasteiger partial charge is 2.00 e. The van der Waals surface area contributed by atoms with Gasteiger partial charge in [0.25, 0.3) is 0 Å². The number of nitrogens with zero attached hydrogens (tertiary/aromatic N) is 10. The normalized spacial score (nSPS) is 16.3. The summed E-state index contributed by atoms with van der Waals surface area (Å²) in [7, 11) is 13.4. The molecule has 0 saturated heterocycles. The third-order valence-electron chi connectivity index (χ3n) is 13.5. The van der Waals surface area contributed by atoms with Gasteiger partial charge in [-0.1, -0.05) is 83.9 Å². The van der Waals surface area contributed by atoms with E-state index >= 15 is 0 Å². The van der Waals surface area contributed by atoms with Crippen molar-refractivity contribution in [2.75, 3.05) is 108 Å². The van der Waals surface area contributed by atoms with E-state index in [1.165, 1.54) is 33.4 Å². The molecule has 0 spiro atoms. The van der Waals surface area contributed by atoms with Gasteiger partial charge < -0.3 is 49.8 Å². The van der Waals surface area contributed by atoms with Crippen LogP contribution in [0, 0.1) is 13.8 Å². The molecule has 0 unspecified atom stereocenters. The number of fused-ring (bicyclic) bond motifs is 10. The third-order valence-corrected chi connectivity index (χ3v) is 13.5. The average Bonchev–Trinajstić information content (AvgIpc) is 3.37. The smallest absolute Gasteiger partial charge is 0.493 e. The Hall–Kier alpha value is -4.95. The van der Waals surface area contributed by atoms with Crippen LogP contribution in [-0.4, -0.2) is 168 Å². The number of likely N-dealkylation sites (N-methyl/N-ethyl adjacent to an activating group) is 6. The van der Waals surface area contributed by atoms with Crippen LogP contribution in [0.1, 0.15) is 39.8 Å². The van der Waals surface area contributed by atoms with E-state index in [-0.39, 0.29) is 49.9 Å². The summed E-state index contributed by atoms with van der Waals surface area (Å²) in [4.78, 5) is 32.0. The van der Waals surface area contributed by atoms with Crippen LogP contribution in [0.25, 0.3) is 43.6 Å². The molecule has 75 heavy (non-hydrogen) atoms. The fourth-order valence-electron chi connectivity index (χ4n) is 9.53. The molecule has 2 bridgehead atoms. The van der Waals surface area contributed by atoms with Crippen molar-refractivity contribution in [3.05, 3.63) is 155 Å². The molecule has 388 valence electrons. The molecule has 2 aliphatic heterocycles. The maximum Gasteiger partial charge on any atom is 2.00 e. The van der Waals surface area contributed by atoms with Gasteiger partial charge >= 0.3 is 39.0 Å². The predicted octanol–water partition coefficient (Wildman–Crippen LogP) is 7.68. The topological polar surface area (TPSA) is 152 Å². The van der Waals surface area contributed by atoms with E-state index in [0.717, 1.165) is 140 Å². The quantitative estimate of drug-likeness (QED) is 0.108. The number of aryl methyl sites for hydroxylation is 2. The Labute approximate surface area is 470 Å². The molecule has 8 aromatic rings. The van der Waals surface area contributed by atoms with Gasteiger partial charge in [0, 0.05) is 154 Å². The van der Waals surface area contributed by atoms with Crippen LogP contribution in [-0.2, 0) is 65.1 Å². The van der Waals surface area contributed by atoms with E-state index in [1.54, 1.807) is 24.8 Å². The second-order valence-corrected chi connectivity index (χ2v) is 19.9. The van der Waals surface area contributed by atoms with Crippen molar-refractivity contribution in [2.24, 2.45) is 0 Å². The summed E-state index contributed by atoms with van der Waals surface area (Å²) in [6.07, 6.45) is 8.05. The van der Waals surface area contributed by atoms with Crippen LogP contribution in [0.5, 0.6) is 11.5 Å². The molecule has 0 radical (unpaired) electrons. The fourth-order valence-corrected chi connectivity index (χ4v) is 9.53. The minimum atomic E-state index is 0. The van der Waals surface area contributed by atoms with Gasteiger partial charge in [-0.3, -0.25) is 19.9 Å². The number of benzene rings is 4. The molecule has 4 aromatic heterocycles. The van der Waals surface area contributed by atoms with Crippen molar-refractivity contribution >= 4 is 43.6 Å². The first-order valence-electron chi connectivity index (χ1n) is 25.3. The van der Waals surface area contributed by atoms with Gasteiger partial charge in [0.15, 0.2) is 0 Å². The predicted molar refractivity (Wildman–Crippen MR) is 300 cm³/mol. The second kappa shape index (κ2) is 30.7. The van der Waals surface area contributed by atoms with Crippen molar-refractivity contribution in [3.63, 3.8) is 0 Å². The van der Waals surface area contributed by atoms with Crippen LogP contribution in [0.3, 0.4) is 0 Å². The summed E-state index contributed by atoms with van der Waals surface area (Å²) in [5.41, 5.74) is 11.6. The second-order valence-electron chi connectivity index (χ2n) is 19.9. The number of aromatic nitrogens is 4. The molecule has 0 fully saturated rings. The molecule has 0 saturated carbocycles. The molecule has 4 aromatic carbocycles. The third kappa shape index (κ3) is 17.5. The number of hydrogen-bond donors (Lipinski definition) is 0. The van der Waals surface area contributed by atoms with E-state index in [9.17, 15) is 0 Å². The van der Waals surface area contributed by atoms with Crippen LogP contribution in [0.4, 0.5) is 0 Å². The van der Waals surface area contributed by atoms with Gasteiger partial charge in [0.1, 0.15) is 11.5 Å². The summed E-state index contributed by atoms with van der Waals surface area (Å²) >= 11 is 0. The summed E-state index contributed by atoms with van der Waals surface area (Å²) in [5, 5.41) is 4.55. The zero-order valence-electron chi connectivity index (χ0n) is 45.9. The van der Waals surface area contributed by atoms with Crippen LogP contribution in [0.15, 0.2) is 122 Å². The maximum atomic E-state index is 6.67. The Balaban J connectivity index is 0.000000306. The first kappa shape index (κ1) is 62.6. The molecule has 0 aliphatic carbocycles. The fraction of sp³-hybridized carbons (Fsp3) is 0.390. The number of rotatable bonds is 0. The van der Waals surface area contributed by atoms with Crippen molar-refractivity contribution in [2.45, 2.75) is 46.4 Å². The van der Waals surface area contributed by atoms with Gasteiger partial charge in [-0.2, -0.15) is 0 Å². The van der Waals surface area contributed by atoms with E-state index in [4.69, 9.17) is 9.47 Å². The minimum Gasteiger partial charge on any atom is -0.493 e. The number of ether oxygens (including phenoxy) is 2. The van der Waals surface area contributed by atoms with Crippen molar-refractivity contribution in [1.29, 1.82) is 0 Å². The summed E-state index contributed by atoms with van der Waals surface area (Å²) in [5.74, 6) is 2.13. The van der Waals surface area contributed by atoms with E-state index < -0.39 is 0 Å². The zero-order valence-corrected chi connectivity index (χ0v) is 51.8. The molecule has 6 heterocycles. The molecule has 0 amide bonds. The summed E-state index contributed by atoms with van der Waals surface area (Å²) < 4.78 is 13.3. The van der Waals surface area contributed by atoms with E-state index in [0.29, 0.717) is 13.2 Å². The van der Waals surface area contributed by atoms with Crippen LogP contribution < -0.4 is 9.47 Å². The van der Waals surface area contributed by atoms with Gasteiger partial charge in [0.05, 0.1) is 35.3 Å². The Morgan fingerprint density at radius 2 is 0.600 bits per heavy atom. The SMILES string of the molecule is Cc1cc2c3c(c1)CN(C)CCN(C)CCN(C)Cc1cc(C)cc(c1OCCCO3)CN(C)CCN(C)CCN(C)C2.O.O.[Zn+2].[Zn+2].c1cnc2c(c1)ccc1cccnc12.c1cnc2c(c1)ccc1cccnc12. The molecule has 0 atom stereocenters. The van der Waals surface area contributed by atoms with Crippen molar-refractivity contribution in [3.8, 4) is 11.5 Å². The van der Waals surface area contributed by atoms with Gasteiger partial charge in [-0.05, 0) is 80.4 Å². The van der Waals surface area contributed by atoms with Gasteiger partial charge in [-0.15, -0.1) is 0 Å². The summed E-state index contributed by atoms with van der Waals surface area (Å²) in [6.45, 7) is 17.4. The molecular weight excluding hydrogens is 1040 g/mol. The van der Waals surface area contributed by atoms with Crippen LogP contribution in [0.2, 0.25) is 0 Å². The number of pyridine rings is 4. The standard InChI is InChI=1S/C35H58N6O2.2C12H8N2.2H2O.2Zn/c1-28-20-30-24-38(5)14-10-36(3)12-16-40(7)26-32-22-29(2)23-33-27-41(8)17-13-37(4)11-15-39(6)25-31(21-28)34(30)42-18-9-19-43-35(32)33;2*1-3-9-5-6-10-4-2-8-14-12(10)11(9)13-7-1;;;;/h20-23H,9-19,24-27H2,1-8H3;2*1-8H;2*1H2;;/q;;;;;2*+2. The maximum absolute atomic E-state index is 6.67. The Morgan fingerprint density at radius 1 is 0.360 bits per heavy atom. The first-order chi connectivity index (χ1) is 34.5. The minimum absolute atomic E-state index is 0. The van der Waals surface area contributed by atoms with E-state index in [1.807, 2.05) is 24.3 Å². The molecule has 2 aliphatic rings. The van der Waals surface area contributed by atoms with Crippen molar-refractivity contribution < 1.29 is 59.4 Å². The molecule has 16 heteroatoms. The van der Waals surface area contributed by atoms with E-state index in [2.05, 4.69) is 178 Å². The van der Waals surface area contributed by atoms with Crippen LogP contribution >= 0.6 is 0 Å². The van der Waals surface area contributed by atoms with Gasteiger partial charge in [0.2, 0.25) is 0 Å².